The average Bonchev–Trinajstić information content (AvgIpc) is 2.28. The van der Waals surface area contributed by atoms with Crippen molar-refractivity contribution in [3.8, 4) is 5.75 Å². The smallest absolute Gasteiger partial charge is 0.130 e. The van der Waals surface area contributed by atoms with E-state index in [1.807, 2.05) is 13.0 Å². The standard InChI is InChI=1S/C16H24O2/c1-6-18-16-8-7-15(13(4)14(16)5)10-11(2)9-12(3)17/h7-8,11H,6,9-10H2,1-5H3. The van der Waals surface area contributed by atoms with Gasteiger partial charge in [-0.1, -0.05) is 13.0 Å². The Kier molecular flexibility index (Phi) is 5.39. The molecule has 0 saturated heterocycles. The molecule has 1 aromatic rings. The molecule has 0 bridgehead atoms. The van der Waals surface area contributed by atoms with E-state index < -0.39 is 0 Å². The van der Waals surface area contributed by atoms with Gasteiger partial charge in [0, 0.05) is 6.42 Å². The van der Waals surface area contributed by atoms with Crippen molar-refractivity contribution in [1.29, 1.82) is 0 Å². The van der Waals surface area contributed by atoms with Crippen LogP contribution in [0.1, 0.15) is 43.9 Å². The van der Waals surface area contributed by atoms with Crippen molar-refractivity contribution in [1.82, 2.24) is 0 Å². The summed E-state index contributed by atoms with van der Waals surface area (Å²) in [6, 6.07) is 4.17. The summed E-state index contributed by atoms with van der Waals surface area (Å²) in [5.41, 5.74) is 3.82. The molecular weight excluding hydrogens is 224 g/mol. The summed E-state index contributed by atoms with van der Waals surface area (Å²) in [5.74, 6) is 1.64. The number of rotatable bonds is 6. The molecule has 1 aromatic carbocycles. The Morgan fingerprint density at radius 1 is 1.28 bits per heavy atom. The van der Waals surface area contributed by atoms with Gasteiger partial charge in [-0.3, -0.25) is 0 Å². The number of ether oxygens (including phenoxy) is 1. The molecule has 2 heteroatoms. The van der Waals surface area contributed by atoms with Crippen LogP contribution < -0.4 is 4.74 Å². The zero-order valence-corrected chi connectivity index (χ0v) is 12.2. The van der Waals surface area contributed by atoms with Gasteiger partial charge >= 0.3 is 0 Å². The molecule has 0 saturated carbocycles. The maximum atomic E-state index is 11.1. The van der Waals surface area contributed by atoms with Gasteiger partial charge in [-0.15, -0.1) is 0 Å². The predicted molar refractivity (Wildman–Crippen MR) is 75.3 cm³/mol. The molecule has 2 nitrogen and oxygen atoms in total. The molecule has 0 amide bonds. The fourth-order valence-electron chi connectivity index (χ4n) is 2.32. The quantitative estimate of drug-likeness (QED) is 0.764. The van der Waals surface area contributed by atoms with Gasteiger partial charge < -0.3 is 9.53 Å². The molecule has 100 valence electrons. The van der Waals surface area contributed by atoms with Crippen molar-refractivity contribution in [3.05, 3.63) is 28.8 Å². The first-order valence-corrected chi connectivity index (χ1v) is 6.67. The molecule has 0 radical (unpaired) electrons. The fourth-order valence-corrected chi connectivity index (χ4v) is 2.32. The molecule has 0 aliphatic rings. The van der Waals surface area contributed by atoms with Gasteiger partial charge in [0.25, 0.3) is 0 Å². The van der Waals surface area contributed by atoms with Crippen LogP contribution in [0.2, 0.25) is 0 Å². The van der Waals surface area contributed by atoms with E-state index in [0.717, 1.165) is 12.2 Å². The summed E-state index contributed by atoms with van der Waals surface area (Å²) in [5, 5.41) is 0. The molecule has 0 N–H and O–H groups in total. The van der Waals surface area contributed by atoms with E-state index in [1.165, 1.54) is 16.7 Å². The third-order valence-electron chi connectivity index (χ3n) is 3.35. The molecule has 0 aliphatic heterocycles. The number of ketones is 1. The third kappa shape index (κ3) is 3.86. The summed E-state index contributed by atoms with van der Waals surface area (Å²) in [7, 11) is 0. The van der Waals surface area contributed by atoms with Crippen molar-refractivity contribution in [3.63, 3.8) is 0 Å². The molecule has 0 spiro atoms. The Hall–Kier alpha value is -1.31. The molecule has 1 atom stereocenters. The Bertz CT molecular complexity index is 421. The summed E-state index contributed by atoms with van der Waals surface area (Å²) >= 11 is 0. The van der Waals surface area contributed by atoms with Crippen molar-refractivity contribution >= 4 is 5.78 Å². The van der Waals surface area contributed by atoms with Crippen LogP contribution in [-0.2, 0) is 11.2 Å². The first-order valence-electron chi connectivity index (χ1n) is 6.67. The second kappa shape index (κ2) is 6.58. The number of benzene rings is 1. The highest BCUT2D eigenvalue weighted by atomic mass is 16.5. The largest absolute Gasteiger partial charge is 0.494 e. The maximum absolute atomic E-state index is 11.1. The van der Waals surface area contributed by atoms with E-state index in [2.05, 4.69) is 26.8 Å². The van der Waals surface area contributed by atoms with Crippen LogP contribution >= 0.6 is 0 Å². The van der Waals surface area contributed by atoms with Gasteiger partial charge in [-0.25, -0.2) is 0 Å². The summed E-state index contributed by atoms with van der Waals surface area (Å²) in [4.78, 5) is 11.1. The van der Waals surface area contributed by atoms with Gasteiger partial charge in [-0.05, 0) is 62.8 Å². The van der Waals surface area contributed by atoms with E-state index in [9.17, 15) is 4.79 Å². The normalized spacial score (nSPS) is 12.3. The lowest BCUT2D eigenvalue weighted by molar-refractivity contribution is -0.117. The lowest BCUT2D eigenvalue weighted by Crippen LogP contribution is -2.07. The lowest BCUT2D eigenvalue weighted by Gasteiger charge is -2.16. The van der Waals surface area contributed by atoms with Crippen LogP contribution in [-0.4, -0.2) is 12.4 Å². The van der Waals surface area contributed by atoms with Crippen LogP contribution in [0.3, 0.4) is 0 Å². The van der Waals surface area contributed by atoms with Crippen molar-refractivity contribution in [2.75, 3.05) is 6.61 Å². The topological polar surface area (TPSA) is 26.3 Å². The second-order valence-electron chi connectivity index (χ2n) is 5.12. The Balaban J connectivity index is 2.85. The third-order valence-corrected chi connectivity index (χ3v) is 3.35. The average molecular weight is 248 g/mol. The zero-order valence-electron chi connectivity index (χ0n) is 12.2. The zero-order chi connectivity index (χ0) is 13.7. The fraction of sp³-hybridized carbons (Fsp3) is 0.562. The van der Waals surface area contributed by atoms with Crippen LogP contribution in [0, 0.1) is 19.8 Å². The molecule has 18 heavy (non-hydrogen) atoms. The van der Waals surface area contributed by atoms with Crippen molar-refractivity contribution in [2.45, 2.75) is 47.5 Å². The highest BCUT2D eigenvalue weighted by molar-refractivity contribution is 5.75. The van der Waals surface area contributed by atoms with Crippen molar-refractivity contribution < 1.29 is 9.53 Å². The van der Waals surface area contributed by atoms with Gasteiger partial charge in [0.1, 0.15) is 11.5 Å². The predicted octanol–water partition coefficient (Wildman–Crippen LogP) is 3.86. The lowest BCUT2D eigenvalue weighted by atomic mass is 9.92. The number of carbonyl (C=O) groups excluding carboxylic acids is 1. The Labute approximate surface area is 110 Å². The Morgan fingerprint density at radius 2 is 1.94 bits per heavy atom. The SMILES string of the molecule is CCOc1ccc(CC(C)CC(C)=O)c(C)c1C. The molecule has 0 fully saturated rings. The monoisotopic (exact) mass is 248 g/mol. The van der Waals surface area contributed by atoms with Crippen LogP contribution in [0.25, 0.3) is 0 Å². The summed E-state index contributed by atoms with van der Waals surface area (Å²) < 4.78 is 5.59. The molecule has 1 rings (SSSR count). The maximum Gasteiger partial charge on any atom is 0.130 e. The number of Topliss-reactive ketones (excluding diaryl/α,β-unsaturated/α-hetero) is 1. The van der Waals surface area contributed by atoms with Crippen LogP contribution in [0.15, 0.2) is 12.1 Å². The summed E-state index contributed by atoms with van der Waals surface area (Å²) in [6.07, 6.45) is 1.62. The molecule has 1 unspecified atom stereocenters. The van der Waals surface area contributed by atoms with Gasteiger partial charge in [0.05, 0.1) is 6.61 Å². The van der Waals surface area contributed by atoms with E-state index in [1.54, 1.807) is 6.92 Å². The van der Waals surface area contributed by atoms with Gasteiger partial charge in [-0.2, -0.15) is 0 Å². The van der Waals surface area contributed by atoms with Crippen LogP contribution in [0.5, 0.6) is 5.75 Å². The summed E-state index contributed by atoms with van der Waals surface area (Å²) in [6.45, 7) is 10.7. The second-order valence-corrected chi connectivity index (χ2v) is 5.12. The molecule has 0 heterocycles. The van der Waals surface area contributed by atoms with Gasteiger partial charge in [0.15, 0.2) is 0 Å². The molecule has 0 aromatic heterocycles. The highest BCUT2D eigenvalue weighted by Gasteiger charge is 2.11. The minimum atomic E-state index is 0.266. The first-order chi connectivity index (χ1) is 8.45. The van der Waals surface area contributed by atoms with Crippen LogP contribution in [0.4, 0.5) is 0 Å². The van der Waals surface area contributed by atoms with E-state index in [0.29, 0.717) is 18.9 Å². The highest BCUT2D eigenvalue weighted by Crippen LogP contribution is 2.26. The molecule has 0 aliphatic carbocycles. The number of carbonyl (C=O) groups is 1. The molecular formula is C16H24O2. The first kappa shape index (κ1) is 14.7. The minimum absolute atomic E-state index is 0.266. The van der Waals surface area contributed by atoms with E-state index >= 15 is 0 Å². The van der Waals surface area contributed by atoms with E-state index in [-0.39, 0.29) is 5.78 Å². The van der Waals surface area contributed by atoms with Crippen molar-refractivity contribution in [2.24, 2.45) is 5.92 Å². The minimum Gasteiger partial charge on any atom is -0.494 e. The van der Waals surface area contributed by atoms with E-state index in [4.69, 9.17) is 4.74 Å². The number of hydrogen-bond donors (Lipinski definition) is 0. The Morgan fingerprint density at radius 3 is 2.50 bits per heavy atom. The number of hydrogen-bond acceptors (Lipinski definition) is 2. The van der Waals surface area contributed by atoms with Gasteiger partial charge in [0.2, 0.25) is 0 Å².